The molecule has 0 fully saturated rings. The van der Waals surface area contributed by atoms with Crippen molar-refractivity contribution in [3.63, 3.8) is 0 Å². The average molecular weight is 177 g/mol. The fourth-order valence-electron chi connectivity index (χ4n) is 0.100. The maximum absolute atomic E-state index is 6.37. The summed E-state index contributed by atoms with van der Waals surface area (Å²) in [6.45, 7) is 0. The van der Waals surface area contributed by atoms with Crippen molar-refractivity contribution in [3.05, 3.63) is 12.9 Å². The molecule has 0 radical (unpaired) electrons. The predicted molar refractivity (Wildman–Crippen MR) is 41.7 cm³/mol. The monoisotopic (exact) mass is 177 g/mol. The average Bonchev–Trinajstić information content (AvgIpc) is 1.61. The molecule has 0 unspecified atom stereocenters. The summed E-state index contributed by atoms with van der Waals surface area (Å²) >= 11 is 0. The predicted octanol–water partition coefficient (Wildman–Crippen LogP) is 0.803. The van der Waals surface area contributed by atoms with E-state index in [1.54, 1.807) is 7.05 Å². The van der Waals surface area contributed by atoms with Gasteiger partial charge in [0.15, 0.2) is 0 Å². The largest absolute Gasteiger partial charge is 3.00 e. The van der Waals surface area contributed by atoms with Crippen LogP contribution in [0.15, 0.2) is 5.10 Å². The second-order valence-corrected chi connectivity index (χ2v) is 0.631. The molecule has 0 rings (SSSR count). The molecular formula is C4H10N3SSc. The molecule has 0 saturated carbocycles. The third-order valence-electron chi connectivity index (χ3n) is 0.257. The van der Waals surface area contributed by atoms with Crippen molar-refractivity contribution >= 4 is 25.9 Å². The van der Waals surface area contributed by atoms with Gasteiger partial charge in [0.2, 0.25) is 0 Å². The number of rotatable bonds is 2. The Labute approximate surface area is 82.0 Å². The Kier molecular flexibility index (Phi) is 60.3. The first-order chi connectivity index (χ1) is 2.91. The Morgan fingerprint density at radius 2 is 2.00 bits per heavy atom. The van der Waals surface area contributed by atoms with Gasteiger partial charge in [-0.05, 0) is 0 Å². The SMILES string of the molecule is C[N-]/N=C\C=N.[CH3-].[SH-].[Sc+3]. The summed E-state index contributed by atoms with van der Waals surface area (Å²) < 4.78 is 0. The van der Waals surface area contributed by atoms with Gasteiger partial charge in [-0.15, -0.1) is 7.05 Å². The first-order valence-corrected chi connectivity index (χ1v) is 1.53. The molecule has 9 heavy (non-hydrogen) atoms. The van der Waals surface area contributed by atoms with Crippen molar-refractivity contribution in [3.8, 4) is 0 Å². The van der Waals surface area contributed by atoms with Crippen molar-refractivity contribution < 1.29 is 25.8 Å². The van der Waals surface area contributed by atoms with Crippen LogP contribution in [-0.2, 0) is 39.3 Å². The molecule has 5 heteroatoms. The molecule has 50 valence electrons. The van der Waals surface area contributed by atoms with Crippen LogP contribution in [0.4, 0.5) is 0 Å². The molecule has 0 aliphatic heterocycles. The minimum Gasteiger partial charge on any atom is -0.813 e. The van der Waals surface area contributed by atoms with Crippen LogP contribution in [0.25, 0.3) is 5.43 Å². The summed E-state index contributed by atoms with van der Waals surface area (Å²) in [5, 5.41) is 9.72. The second-order valence-electron chi connectivity index (χ2n) is 0.631. The van der Waals surface area contributed by atoms with Crippen LogP contribution in [0.3, 0.4) is 0 Å². The van der Waals surface area contributed by atoms with Crippen LogP contribution >= 0.6 is 0 Å². The Morgan fingerprint density at radius 1 is 1.56 bits per heavy atom. The molecular weight excluding hydrogens is 167 g/mol. The van der Waals surface area contributed by atoms with E-state index in [2.05, 4.69) is 10.5 Å². The Hall–Kier alpha value is 0.360. The standard InChI is InChI=1S/C3H6N3.CH3.H2S.Sc/c1-5-6-3-2-4;;;/h2-4H,1H3;1H3;1H2;/q2*-1;;+3/p-1/b4-2?,6-3-;;;. The smallest absolute Gasteiger partial charge is 0.813 e. The van der Waals surface area contributed by atoms with E-state index >= 15 is 0 Å². The summed E-state index contributed by atoms with van der Waals surface area (Å²) in [7, 11) is 1.56. The van der Waals surface area contributed by atoms with Gasteiger partial charge >= 0.3 is 25.8 Å². The maximum atomic E-state index is 6.37. The number of thiol groups is 1. The topological polar surface area (TPSA) is 50.3 Å². The minimum atomic E-state index is 0. The number of nitrogens with zero attached hydrogens (tertiary/aromatic N) is 2. The molecule has 0 aromatic heterocycles. The molecule has 0 spiro atoms. The Bertz CT molecular complexity index is 66.8. The molecule has 0 aliphatic carbocycles. The molecule has 0 atom stereocenters. The first-order valence-electron chi connectivity index (χ1n) is 1.53. The quantitative estimate of drug-likeness (QED) is 0.219. The number of hydrogen-bond acceptors (Lipinski definition) is 3. The summed E-state index contributed by atoms with van der Waals surface area (Å²) in [5.41, 5.74) is 3.34. The normalized spacial score (nSPS) is 5.89. The second kappa shape index (κ2) is 23.8. The molecule has 0 aromatic rings. The van der Waals surface area contributed by atoms with Gasteiger partial charge in [0.25, 0.3) is 0 Å². The zero-order chi connectivity index (χ0) is 4.83. The van der Waals surface area contributed by atoms with Crippen LogP contribution < -0.4 is 0 Å². The fraction of sp³-hybridized carbons (Fsp3) is 0.250. The fourth-order valence-corrected chi connectivity index (χ4v) is 0.100. The van der Waals surface area contributed by atoms with E-state index in [1.807, 2.05) is 0 Å². The molecule has 0 saturated heterocycles. The van der Waals surface area contributed by atoms with Crippen LogP contribution in [-0.4, -0.2) is 19.5 Å². The third kappa shape index (κ3) is 30.0. The summed E-state index contributed by atoms with van der Waals surface area (Å²) in [6, 6.07) is 0. The van der Waals surface area contributed by atoms with Gasteiger partial charge in [-0.3, -0.25) is 0 Å². The van der Waals surface area contributed by atoms with E-state index in [4.69, 9.17) is 5.41 Å². The van der Waals surface area contributed by atoms with Gasteiger partial charge in [-0.1, -0.05) is 0 Å². The van der Waals surface area contributed by atoms with Gasteiger partial charge in [0, 0.05) is 12.4 Å². The van der Waals surface area contributed by atoms with Gasteiger partial charge < -0.3 is 36.9 Å². The first kappa shape index (κ1) is 22.8. The molecule has 3 nitrogen and oxygen atoms in total. The zero-order valence-electron chi connectivity index (χ0n) is 5.57. The third-order valence-corrected chi connectivity index (χ3v) is 0.257. The molecule has 0 amide bonds. The van der Waals surface area contributed by atoms with Crippen LogP contribution in [0, 0.1) is 12.8 Å². The van der Waals surface area contributed by atoms with Gasteiger partial charge in [-0.2, -0.15) is 0 Å². The van der Waals surface area contributed by atoms with Crippen molar-refractivity contribution in [1.29, 1.82) is 5.41 Å². The molecule has 0 bridgehead atoms. The van der Waals surface area contributed by atoms with Gasteiger partial charge in [0.05, 0.1) is 0 Å². The minimum absolute atomic E-state index is 0. The van der Waals surface area contributed by atoms with Crippen LogP contribution in [0.5, 0.6) is 0 Å². The van der Waals surface area contributed by atoms with Gasteiger partial charge in [-0.25, -0.2) is 0 Å². The van der Waals surface area contributed by atoms with E-state index in [0.717, 1.165) is 6.21 Å². The summed E-state index contributed by atoms with van der Waals surface area (Å²) in [5.74, 6) is 0. The van der Waals surface area contributed by atoms with Crippen molar-refractivity contribution in [1.82, 2.24) is 0 Å². The van der Waals surface area contributed by atoms with Gasteiger partial charge in [0.1, 0.15) is 0 Å². The Morgan fingerprint density at radius 3 is 2.11 bits per heavy atom. The van der Waals surface area contributed by atoms with Crippen molar-refractivity contribution in [2.75, 3.05) is 7.05 Å². The molecule has 1 N–H and O–H groups in total. The summed E-state index contributed by atoms with van der Waals surface area (Å²) in [6.07, 6.45) is 2.38. The molecule has 0 heterocycles. The molecule has 0 aromatic carbocycles. The van der Waals surface area contributed by atoms with E-state index in [1.165, 1.54) is 6.21 Å². The van der Waals surface area contributed by atoms with Crippen molar-refractivity contribution in [2.45, 2.75) is 0 Å². The van der Waals surface area contributed by atoms with Crippen LogP contribution in [0.1, 0.15) is 0 Å². The molecule has 0 aliphatic rings. The maximum Gasteiger partial charge on any atom is 3.00 e. The van der Waals surface area contributed by atoms with E-state index in [0.29, 0.717) is 0 Å². The zero-order valence-corrected chi connectivity index (χ0v) is 8.27. The van der Waals surface area contributed by atoms with E-state index in [9.17, 15) is 0 Å². The number of hydrogen-bond donors (Lipinski definition) is 1. The summed E-state index contributed by atoms with van der Waals surface area (Å²) in [4.78, 5) is 0. The Balaban J connectivity index is -0.0000000417. The van der Waals surface area contributed by atoms with Crippen molar-refractivity contribution in [2.24, 2.45) is 5.10 Å². The van der Waals surface area contributed by atoms with E-state index in [-0.39, 0.29) is 46.8 Å². The van der Waals surface area contributed by atoms with Crippen LogP contribution in [0.2, 0.25) is 0 Å². The number of nitrogens with one attached hydrogen (secondary N) is 1. The van der Waals surface area contributed by atoms with E-state index < -0.39 is 0 Å².